The van der Waals surface area contributed by atoms with Crippen LogP contribution in [-0.2, 0) is 0 Å². The summed E-state index contributed by atoms with van der Waals surface area (Å²) in [4.78, 5) is 13.1. The van der Waals surface area contributed by atoms with Gasteiger partial charge in [-0.15, -0.1) is 21.5 Å². The summed E-state index contributed by atoms with van der Waals surface area (Å²) in [7, 11) is 0. The number of carbonyl (C=O) groups is 1. The third-order valence-corrected chi connectivity index (χ3v) is 4.80. The lowest BCUT2D eigenvalue weighted by Gasteiger charge is -2.15. The Morgan fingerprint density at radius 1 is 1.00 bits per heavy atom. The molecule has 134 valence electrons. The van der Waals surface area contributed by atoms with Crippen LogP contribution < -0.4 is 5.32 Å². The number of aromatic nitrogens is 2. The molecule has 0 spiro atoms. The molecule has 2 aromatic carbocycles. The Kier molecular flexibility index (Phi) is 4.76. The summed E-state index contributed by atoms with van der Waals surface area (Å²) in [6, 6.07) is 18.0. The molecule has 2 aromatic heterocycles. The van der Waals surface area contributed by atoms with E-state index in [9.17, 15) is 9.18 Å². The van der Waals surface area contributed by atoms with Crippen molar-refractivity contribution in [1.29, 1.82) is 0 Å². The van der Waals surface area contributed by atoms with Crippen LogP contribution in [0.2, 0.25) is 0 Å². The highest BCUT2D eigenvalue weighted by molar-refractivity contribution is 7.12. The lowest BCUT2D eigenvalue weighted by molar-refractivity contribution is 0.0942. The van der Waals surface area contributed by atoms with Crippen molar-refractivity contribution in [3.05, 3.63) is 94.3 Å². The van der Waals surface area contributed by atoms with Gasteiger partial charge in [-0.3, -0.25) is 4.79 Å². The monoisotopic (exact) mass is 379 g/mol. The van der Waals surface area contributed by atoms with Crippen LogP contribution in [0, 0.1) is 5.82 Å². The molecule has 0 radical (unpaired) electrons. The molecule has 4 aromatic rings. The van der Waals surface area contributed by atoms with Crippen LogP contribution in [0.25, 0.3) is 11.5 Å². The van der Waals surface area contributed by atoms with Crippen molar-refractivity contribution in [2.75, 3.05) is 0 Å². The highest BCUT2D eigenvalue weighted by Crippen LogP contribution is 2.26. The summed E-state index contributed by atoms with van der Waals surface area (Å²) in [6.07, 6.45) is 0. The summed E-state index contributed by atoms with van der Waals surface area (Å²) in [6.45, 7) is 0. The predicted molar refractivity (Wildman–Crippen MR) is 99.8 cm³/mol. The van der Waals surface area contributed by atoms with E-state index in [2.05, 4.69) is 15.5 Å². The number of nitrogens with zero attached hydrogens (tertiary/aromatic N) is 2. The van der Waals surface area contributed by atoms with Crippen LogP contribution in [0.4, 0.5) is 4.39 Å². The minimum absolute atomic E-state index is 0.227. The molecular formula is C20H14FN3O2S. The first-order valence-electron chi connectivity index (χ1n) is 8.19. The molecule has 5 nitrogen and oxygen atoms in total. The summed E-state index contributed by atoms with van der Waals surface area (Å²) in [5, 5.41) is 12.9. The quantitative estimate of drug-likeness (QED) is 0.556. The van der Waals surface area contributed by atoms with E-state index in [0.717, 1.165) is 5.56 Å². The smallest absolute Gasteiger partial charge is 0.262 e. The Morgan fingerprint density at radius 3 is 2.48 bits per heavy atom. The minimum atomic E-state index is -0.690. The normalized spacial score (nSPS) is 11.9. The molecule has 0 bridgehead atoms. The van der Waals surface area contributed by atoms with Crippen LogP contribution in [0.1, 0.15) is 27.2 Å². The molecule has 0 saturated heterocycles. The van der Waals surface area contributed by atoms with Crippen LogP contribution in [0.5, 0.6) is 0 Å². The Labute approximate surface area is 158 Å². The number of rotatable bonds is 5. The third kappa shape index (κ3) is 3.78. The first-order valence-corrected chi connectivity index (χ1v) is 9.07. The SMILES string of the molecule is O=C(N[C@H](c1ccc(F)cc1)c1nnc(-c2ccccc2)o1)c1cccs1. The molecule has 2 heterocycles. The van der Waals surface area contributed by atoms with E-state index in [1.165, 1.54) is 23.5 Å². The van der Waals surface area contributed by atoms with E-state index in [-0.39, 0.29) is 17.6 Å². The van der Waals surface area contributed by atoms with Crippen LogP contribution >= 0.6 is 11.3 Å². The topological polar surface area (TPSA) is 68.0 Å². The first kappa shape index (κ1) is 17.1. The lowest BCUT2D eigenvalue weighted by Crippen LogP contribution is -2.29. The second kappa shape index (κ2) is 7.51. The van der Waals surface area contributed by atoms with Gasteiger partial charge in [0, 0.05) is 5.56 Å². The van der Waals surface area contributed by atoms with Gasteiger partial charge in [0.2, 0.25) is 11.8 Å². The molecule has 1 atom stereocenters. The van der Waals surface area contributed by atoms with E-state index in [1.54, 1.807) is 24.3 Å². The van der Waals surface area contributed by atoms with Gasteiger partial charge in [0.25, 0.3) is 5.91 Å². The van der Waals surface area contributed by atoms with Crippen molar-refractivity contribution in [3.63, 3.8) is 0 Å². The van der Waals surface area contributed by atoms with Gasteiger partial charge in [0.15, 0.2) is 0 Å². The number of amides is 1. The molecule has 0 fully saturated rings. The van der Waals surface area contributed by atoms with Gasteiger partial charge in [-0.25, -0.2) is 4.39 Å². The van der Waals surface area contributed by atoms with Crippen molar-refractivity contribution in [2.24, 2.45) is 0 Å². The van der Waals surface area contributed by atoms with Gasteiger partial charge in [0.1, 0.15) is 11.9 Å². The first-order chi connectivity index (χ1) is 13.2. The van der Waals surface area contributed by atoms with Gasteiger partial charge < -0.3 is 9.73 Å². The van der Waals surface area contributed by atoms with Crippen molar-refractivity contribution < 1.29 is 13.6 Å². The maximum absolute atomic E-state index is 13.3. The van der Waals surface area contributed by atoms with Gasteiger partial charge in [-0.1, -0.05) is 36.4 Å². The number of nitrogens with one attached hydrogen (secondary N) is 1. The largest absolute Gasteiger partial charge is 0.418 e. The zero-order valence-electron chi connectivity index (χ0n) is 14.0. The lowest BCUT2D eigenvalue weighted by atomic mass is 10.1. The Balaban J connectivity index is 1.68. The summed E-state index contributed by atoms with van der Waals surface area (Å²) >= 11 is 1.33. The number of carbonyl (C=O) groups excluding carboxylic acids is 1. The molecule has 0 unspecified atom stereocenters. The average molecular weight is 379 g/mol. The highest BCUT2D eigenvalue weighted by Gasteiger charge is 2.24. The van der Waals surface area contributed by atoms with Crippen LogP contribution in [-0.4, -0.2) is 16.1 Å². The minimum Gasteiger partial charge on any atom is -0.418 e. The van der Waals surface area contributed by atoms with E-state index < -0.39 is 6.04 Å². The van der Waals surface area contributed by atoms with Gasteiger partial charge in [-0.2, -0.15) is 0 Å². The Bertz CT molecular complexity index is 1030. The zero-order chi connectivity index (χ0) is 18.6. The molecular weight excluding hydrogens is 365 g/mol. The average Bonchev–Trinajstić information content (AvgIpc) is 3.40. The molecule has 0 aliphatic heterocycles. The standard InChI is InChI=1S/C20H14FN3O2S/c21-15-10-8-13(9-11-15)17(22-18(25)16-7-4-12-27-16)20-24-23-19(26-20)14-5-2-1-3-6-14/h1-12,17H,(H,22,25)/t17-/m1/s1. The summed E-state index contributed by atoms with van der Waals surface area (Å²) in [5.41, 5.74) is 1.42. The number of halogens is 1. The zero-order valence-corrected chi connectivity index (χ0v) is 14.8. The second-order valence-corrected chi connectivity index (χ2v) is 6.69. The molecule has 1 amide bonds. The van der Waals surface area contributed by atoms with Crippen molar-refractivity contribution in [2.45, 2.75) is 6.04 Å². The van der Waals surface area contributed by atoms with E-state index in [4.69, 9.17) is 4.42 Å². The highest BCUT2D eigenvalue weighted by atomic mass is 32.1. The Morgan fingerprint density at radius 2 is 1.78 bits per heavy atom. The predicted octanol–water partition coefficient (Wildman–Crippen LogP) is 4.46. The van der Waals surface area contributed by atoms with Gasteiger partial charge in [0.05, 0.1) is 4.88 Å². The third-order valence-electron chi connectivity index (χ3n) is 3.93. The van der Waals surface area contributed by atoms with Crippen LogP contribution in [0.3, 0.4) is 0 Å². The summed E-state index contributed by atoms with van der Waals surface area (Å²) in [5.74, 6) is -0.0511. The van der Waals surface area contributed by atoms with Crippen molar-refractivity contribution in [3.8, 4) is 11.5 Å². The summed E-state index contributed by atoms with van der Waals surface area (Å²) < 4.78 is 19.1. The van der Waals surface area contributed by atoms with Crippen molar-refractivity contribution in [1.82, 2.24) is 15.5 Å². The van der Waals surface area contributed by atoms with Crippen LogP contribution in [0.15, 0.2) is 76.5 Å². The molecule has 0 aliphatic rings. The fourth-order valence-electron chi connectivity index (χ4n) is 2.60. The molecule has 4 rings (SSSR count). The van der Waals surface area contributed by atoms with Gasteiger partial charge >= 0.3 is 0 Å². The number of hydrogen-bond acceptors (Lipinski definition) is 5. The fourth-order valence-corrected chi connectivity index (χ4v) is 3.23. The molecule has 0 saturated carbocycles. The molecule has 27 heavy (non-hydrogen) atoms. The number of thiophene rings is 1. The molecule has 0 aliphatic carbocycles. The number of hydrogen-bond donors (Lipinski definition) is 1. The molecule has 1 N–H and O–H groups in total. The Hall–Kier alpha value is -3.32. The second-order valence-electron chi connectivity index (χ2n) is 5.75. The maximum atomic E-state index is 13.3. The maximum Gasteiger partial charge on any atom is 0.262 e. The van der Waals surface area contributed by atoms with E-state index in [1.807, 2.05) is 35.7 Å². The molecule has 7 heteroatoms. The fraction of sp³-hybridized carbons (Fsp3) is 0.0500. The van der Waals surface area contributed by atoms with E-state index in [0.29, 0.717) is 16.3 Å². The number of benzene rings is 2. The van der Waals surface area contributed by atoms with Crippen molar-refractivity contribution >= 4 is 17.2 Å². The van der Waals surface area contributed by atoms with E-state index >= 15 is 0 Å². The van der Waals surface area contributed by atoms with Gasteiger partial charge in [-0.05, 0) is 41.3 Å².